The van der Waals surface area contributed by atoms with Crippen LogP contribution < -0.4 is 10.2 Å². The van der Waals surface area contributed by atoms with E-state index in [0.717, 1.165) is 25.9 Å². The van der Waals surface area contributed by atoms with E-state index >= 15 is 0 Å². The van der Waals surface area contributed by atoms with E-state index in [4.69, 9.17) is 0 Å². The number of aliphatic hydroxyl groups excluding tert-OH is 1. The molecular weight excluding hydrogens is 236 g/mol. The third-order valence-corrected chi connectivity index (χ3v) is 4.00. The zero-order chi connectivity index (χ0) is 13.7. The van der Waals surface area contributed by atoms with Crippen molar-refractivity contribution in [2.24, 2.45) is 0 Å². The quantitative estimate of drug-likeness (QED) is 0.827. The van der Waals surface area contributed by atoms with E-state index in [-0.39, 0.29) is 6.61 Å². The Balaban J connectivity index is 2.20. The molecule has 2 atom stereocenters. The highest BCUT2D eigenvalue weighted by molar-refractivity contribution is 5.56. The maximum atomic E-state index is 9.51. The molecule has 0 saturated carbocycles. The number of benzene rings is 1. The molecule has 0 radical (unpaired) electrons. The predicted octanol–water partition coefficient (Wildman–Crippen LogP) is 2.71. The molecule has 0 bridgehead atoms. The van der Waals surface area contributed by atoms with Crippen LogP contribution in [0.1, 0.15) is 44.7 Å². The Morgan fingerprint density at radius 3 is 2.95 bits per heavy atom. The molecule has 0 aliphatic carbocycles. The van der Waals surface area contributed by atoms with Gasteiger partial charge >= 0.3 is 0 Å². The lowest BCUT2D eigenvalue weighted by molar-refractivity contribution is 0.266. The van der Waals surface area contributed by atoms with Gasteiger partial charge in [-0.25, -0.2) is 0 Å². The molecule has 1 heterocycles. The second kappa shape index (κ2) is 6.92. The number of hydrogen-bond acceptors (Lipinski definition) is 3. The SMILES string of the molecule is CCCNC(C)c1ccccc1N1CCCC1CO. The van der Waals surface area contributed by atoms with Gasteiger partial charge in [-0.05, 0) is 44.4 Å². The first-order valence-corrected chi connectivity index (χ1v) is 7.47. The Morgan fingerprint density at radius 1 is 1.42 bits per heavy atom. The first kappa shape index (κ1) is 14.4. The molecule has 0 spiro atoms. The van der Waals surface area contributed by atoms with Crippen molar-refractivity contribution in [2.45, 2.75) is 45.2 Å². The number of aliphatic hydroxyl groups is 1. The molecule has 0 aromatic heterocycles. The smallest absolute Gasteiger partial charge is 0.0635 e. The summed E-state index contributed by atoms with van der Waals surface area (Å²) in [7, 11) is 0. The molecule has 1 saturated heterocycles. The van der Waals surface area contributed by atoms with Crippen molar-refractivity contribution in [1.29, 1.82) is 0 Å². The highest BCUT2D eigenvalue weighted by Gasteiger charge is 2.26. The Hall–Kier alpha value is -1.06. The normalized spacial score (nSPS) is 20.8. The van der Waals surface area contributed by atoms with Gasteiger partial charge in [0, 0.05) is 18.3 Å². The van der Waals surface area contributed by atoms with Crippen LogP contribution in [-0.2, 0) is 0 Å². The van der Waals surface area contributed by atoms with Gasteiger partial charge in [0.15, 0.2) is 0 Å². The van der Waals surface area contributed by atoms with Crippen molar-refractivity contribution in [3.8, 4) is 0 Å². The van der Waals surface area contributed by atoms with Crippen LogP contribution in [0.15, 0.2) is 24.3 Å². The topological polar surface area (TPSA) is 35.5 Å². The van der Waals surface area contributed by atoms with Crippen molar-refractivity contribution in [3.63, 3.8) is 0 Å². The number of para-hydroxylation sites is 1. The van der Waals surface area contributed by atoms with Gasteiger partial charge in [0.2, 0.25) is 0 Å². The van der Waals surface area contributed by atoms with Crippen molar-refractivity contribution >= 4 is 5.69 Å². The molecule has 1 aliphatic rings. The summed E-state index contributed by atoms with van der Waals surface area (Å²) in [6.45, 7) is 6.76. The first-order chi connectivity index (χ1) is 9.27. The molecule has 2 N–H and O–H groups in total. The lowest BCUT2D eigenvalue weighted by Gasteiger charge is -2.29. The van der Waals surface area contributed by atoms with Crippen LogP contribution >= 0.6 is 0 Å². The van der Waals surface area contributed by atoms with E-state index in [9.17, 15) is 5.11 Å². The molecular formula is C16H26N2O. The fourth-order valence-electron chi connectivity index (χ4n) is 2.93. The summed E-state index contributed by atoms with van der Waals surface area (Å²) in [5, 5.41) is 13.1. The van der Waals surface area contributed by atoms with Crippen LogP contribution in [0.2, 0.25) is 0 Å². The largest absolute Gasteiger partial charge is 0.394 e. The minimum atomic E-state index is 0.255. The third-order valence-electron chi connectivity index (χ3n) is 4.00. The van der Waals surface area contributed by atoms with Crippen molar-refractivity contribution in [1.82, 2.24) is 5.32 Å². The van der Waals surface area contributed by atoms with E-state index in [1.54, 1.807) is 0 Å². The summed E-state index contributed by atoms with van der Waals surface area (Å²) in [5.74, 6) is 0. The number of rotatable bonds is 6. The van der Waals surface area contributed by atoms with Crippen molar-refractivity contribution in [2.75, 3.05) is 24.6 Å². The van der Waals surface area contributed by atoms with E-state index in [1.165, 1.54) is 17.7 Å². The third kappa shape index (κ3) is 3.28. The number of anilines is 1. The number of nitrogens with zero attached hydrogens (tertiary/aromatic N) is 1. The molecule has 106 valence electrons. The monoisotopic (exact) mass is 262 g/mol. The molecule has 2 rings (SSSR count). The van der Waals surface area contributed by atoms with Crippen molar-refractivity contribution < 1.29 is 5.11 Å². The minimum absolute atomic E-state index is 0.255. The summed E-state index contributed by atoms with van der Waals surface area (Å²) in [6, 6.07) is 9.24. The van der Waals surface area contributed by atoms with Crippen LogP contribution in [0.4, 0.5) is 5.69 Å². The van der Waals surface area contributed by atoms with Gasteiger partial charge in [-0.2, -0.15) is 0 Å². The Labute approximate surface area is 116 Å². The maximum Gasteiger partial charge on any atom is 0.0635 e. The highest BCUT2D eigenvalue weighted by Crippen LogP contribution is 2.31. The zero-order valence-corrected chi connectivity index (χ0v) is 12.1. The van der Waals surface area contributed by atoms with Crippen LogP contribution in [0.5, 0.6) is 0 Å². The molecule has 0 amide bonds. The van der Waals surface area contributed by atoms with Crippen LogP contribution in [0, 0.1) is 0 Å². The van der Waals surface area contributed by atoms with E-state index in [1.807, 2.05) is 0 Å². The standard InChI is InChI=1S/C16H26N2O/c1-3-10-17-13(2)15-8-4-5-9-16(15)18-11-6-7-14(18)12-19/h4-5,8-9,13-14,17,19H,3,6-7,10-12H2,1-2H3. The maximum absolute atomic E-state index is 9.51. The van der Waals surface area contributed by atoms with E-state index in [2.05, 4.69) is 48.3 Å². The minimum Gasteiger partial charge on any atom is -0.394 e. The highest BCUT2D eigenvalue weighted by atomic mass is 16.3. The number of hydrogen-bond donors (Lipinski definition) is 2. The molecule has 19 heavy (non-hydrogen) atoms. The van der Waals surface area contributed by atoms with Gasteiger partial charge in [0.25, 0.3) is 0 Å². The fourth-order valence-corrected chi connectivity index (χ4v) is 2.93. The predicted molar refractivity (Wildman–Crippen MR) is 80.6 cm³/mol. The van der Waals surface area contributed by atoms with Gasteiger partial charge < -0.3 is 15.3 Å². The first-order valence-electron chi connectivity index (χ1n) is 7.47. The zero-order valence-electron chi connectivity index (χ0n) is 12.1. The van der Waals surface area contributed by atoms with E-state index in [0.29, 0.717) is 12.1 Å². The Bertz CT molecular complexity index is 394. The summed E-state index contributed by atoms with van der Waals surface area (Å²) < 4.78 is 0. The number of nitrogens with one attached hydrogen (secondary N) is 1. The second-order valence-corrected chi connectivity index (χ2v) is 5.41. The fraction of sp³-hybridized carbons (Fsp3) is 0.625. The molecule has 1 aromatic rings. The van der Waals surface area contributed by atoms with Crippen LogP contribution in [0.25, 0.3) is 0 Å². The van der Waals surface area contributed by atoms with Gasteiger partial charge in [-0.15, -0.1) is 0 Å². The Morgan fingerprint density at radius 2 is 2.21 bits per heavy atom. The molecule has 1 aliphatic heterocycles. The van der Waals surface area contributed by atoms with Crippen molar-refractivity contribution in [3.05, 3.63) is 29.8 Å². The van der Waals surface area contributed by atoms with E-state index < -0.39 is 0 Å². The lowest BCUT2D eigenvalue weighted by atomic mass is 10.0. The summed E-state index contributed by atoms with van der Waals surface area (Å²) in [6.07, 6.45) is 3.42. The van der Waals surface area contributed by atoms with Gasteiger partial charge in [0.05, 0.1) is 12.6 Å². The molecule has 3 nitrogen and oxygen atoms in total. The van der Waals surface area contributed by atoms with Gasteiger partial charge in [-0.1, -0.05) is 25.1 Å². The molecule has 3 heteroatoms. The Kier molecular flexibility index (Phi) is 5.23. The lowest BCUT2D eigenvalue weighted by Crippen LogP contribution is -2.33. The van der Waals surface area contributed by atoms with Gasteiger partial charge in [0.1, 0.15) is 0 Å². The van der Waals surface area contributed by atoms with Gasteiger partial charge in [-0.3, -0.25) is 0 Å². The second-order valence-electron chi connectivity index (χ2n) is 5.41. The molecule has 1 aromatic carbocycles. The summed E-state index contributed by atoms with van der Waals surface area (Å²) in [4.78, 5) is 2.37. The summed E-state index contributed by atoms with van der Waals surface area (Å²) >= 11 is 0. The molecule has 2 unspecified atom stereocenters. The average Bonchev–Trinajstić information content (AvgIpc) is 2.93. The average molecular weight is 262 g/mol. The van der Waals surface area contributed by atoms with Crippen LogP contribution in [0.3, 0.4) is 0 Å². The summed E-state index contributed by atoms with van der Waals surface area (Å²) in [5.41, 5.74) is 2.63. The van der Waals surface area contributed by atoms with Crippen LogP contribution in [-0.4, -0.2) is 30.8 Å². The molecule has 1 fully saturated rings.